The van der Waals surface area contributed by atoms with Crippen LogP contribution in [0.15, 0.2) is 24.3 Å². The first-order chi connectivity index (χ1) is 8.16. The van der Waals surface area contributed by atoms with E-state index in [1.807, 2.05) is 6.07 Å². The number of hydrogen-bond donors (Lipinski definition) is 2. The average Bonchev–Trinajstić information content (AvgIpc) is 2.29. The van der Waals surface area contributed by atoms with Crippen LogP contribution in [-0.4, -0.2) is 23.7 Å². The van der Waals surface area contributed by atoms with Crippen LogP contribution in [0.4, 0.5) is 4.39 Å². The minimum Gasteiger partial charge on any atom is -0.481 e. The number of carbonyl (C=O) groups is 1. The molecule has 1 fully saturated rings. The summed E-state index contributed by atoms with van der Waals surface area (Å²) >= 11 is 0. The first-order valence-corrected chi connectivity index (χ1v) is 5.87. The molecule has 2 atom stereocenters. The van der Waals surface area contributed by atoms with Gasteiger partial charge in [0.1, 0.15) is 5.82 Å². The zero-order chi connectivity index (χ0) is 12.3. The van der Waals surface area contributed by atoms with E-state index in [9.17, 15) is 9.18 Å². The molecule has 2 N–H and O–H groups in total. The predicted molar refractivity (Wildman–Crippen MR) is 62.3 cm³/mol. The minimum atomic E-state index is -0.765. The summed E-state index contributed by atoms with van der Waals surface area (Å²) in [6.07, 6.45) is 2.15. The van der Waals surface area contributed by atoms with Crippen molar-refractivity contribution in [3.8, 4) is 0 Å². The summed E-state index contributed by atoms with van der Waals surface area (Å²) in [6, 6.07) is 6.26. The Bertz CT molecular complexity index is 408. The summed E-state index contributed by atoms with van der Waals surface area (Å²) in [6.45, 7) is 0.837. The maximum Gasteiger partial charge on any atom is 0.308 e. The molecule has 92 valence electrons. The lowest BCUT2D eigenvalue weighted by Crippen LogP contribution is -2.46. The molecule has 3 nitrogen and oxygen atoms in total. The Morgan fingerprint density at radius 3 is 3.06 bits per heavy atom. The van der Waals surface area contributed by atoms with Gasteiger partial charge in [-0.25, -0.2) is 4.39 Å². The fourth-order valence-electron chi connectivity index (χ4n) is 2.38. The lowest BCUT2D eigenvalue weighted by Gasteiger charge is -2.29. The molecule has 0 amide bonds. The molecule has 0 aromatic heterocycles. The molecule has 0 saturated carbocycles. The van der Waals surface area contributed by atoms with Gasteiger partial charge in [-0.1, -0.05) is 12.1 Å². The molecule has 1 heterocycles. The van der Waals surface area contributed by atoms with Gasteiger partial charge in [0.25, 0.3) is 0 Å². The number of benzene rings is 1. The van der Waals surface area contributed by atoms with Gasteiger partial charge >= 0.3 is 5.97 Å². The molecule has 0 spiro atoms. The van der Waals surface area contributed by atoms with E-state index < -0.39 is 5.97 Å². The smallest absolute Gasteiger partial charge is 0.308 e. The van der Waals surface area contributed by atoms with Crippen molar-refractivity contribution in [2.24, 2.45) is 5.92 Å². The van der Waals surface area contributed by atoms with Crippen molar-refractivity contribution in [2.75, 3.05) is 6.54 Å². The van der Waals surface area contributed by atoms with Gasteiger partial charge in [0, 0.05) is 6.04 Å². The van der Waals surface area contributed by atoms with Crippen molar-refractivity contribution in [1.82, 2.24) is 5.32 Å². The van der Waals surface area contributed by atoms with Crippen molar-refractivity contribution < 1.29 is 14.3 Å². The fourth-order valence-corrected chi connectivity index (χ4v) is 2.38. The molecule has 1 aromatic carbocycles. The Labute approximate surface area is 99.7 Å². The quantitative estimate of drug-likeness (QED) is 0.843. The Balaban J connectivity index is 2.08. The number of hydrogen-bond acceptors (Lipinski definition) is 2. The average molecular weight is 237 g/mol. The van der Waals surface area contributed by atoms with E-state index >= 15 is 0 Å². The number of nitrogens with one attached hydrogen (secondary N) is 1. The van der Waals surface area contributed by atoms with Crippen LogP contribution in [0.1, 0.15) is 18.4 Å². The first kappa shape index (κ1) is 12.0. The Kier molecular flexibility index (Phi) is 3.74. The van der Waals surface area contributed by atoms with E-state index in [1.165, 1.54) is 12.1 Å². The number of carboxylic acids is 1. The molecule has 0 aliphatic carbocycles. The lowest BCUT2D eigenvalue weighted by atomic mass is 9.87. The largest absolute Gasteiger partial charge is 0.481 e. The SMILES string of the molecule is O=C(O)C1CCCNC1Cc1cccc(F)c1. The first-order valence-electron chi connectivity index (χ1n) is 5.87. The van der Waals surface area contributed by atoms with Crippen LogP contribution in [0.5, 0.6) is 0 Å². The zero-order valence-electron chi connectivity index (χ0n) is 9.53. The summed E-state index contributed by atoms with van der Waals surface area (Å²) < 4.78 is 13.0. The molecule has 1 aliphatic heterocycles. The molecular formula is C13H16FNO2. The van der Waals surface area contributed by atoms with E-state index in [0.717, 1.165) is 18.5 Å². The van der Waals surface area contributed by atoms with Gasteiger partial charge in [-0.15, -0.1) is 0 Å². The molecule has 0 radical (unpaired) electrons. The molecule has 1 aliphatic rings. The van der Waals surface area contributed by atoms with Crippen LogP contribution in [0.2, 0.25) is 0 Å². The predicted octanol–water partition coefficient (Wildman–Crippen LogP) is 1.82. The highest BCUT2D eigenvalue weighted by atomic mass is 19.1. The molecule has 1 aromatic rings. The van der Waals surface area contributed by atoms with Crippen LogP contribution in [0.3, 0.4) is 0 Å². The lowest BCUT2D eigenvalue weighted by molar-refractivity contribution is -0.143. The summed E-state index contributed by atoms with van der Waals surface area (Å²) in [5.41, 5.74) is 0.843. The third-order valence-corrected chi connectivity index (χ3v) is 3.25. The second-order valence-electron chi connectivity index (χ2n) is 4.48. The Hall–Kier alpha value is -1.42. The number of rotatable bonds is 3. The summed E-state index contributed by atoms with van der Waals surface area (Å²) in [7, 11) is 0. The number of halogens is 1. The van der Waals surface area contributed by atoms with Crippen molar-refractivity contribution in [1.29, 1.82) is 0 Å². The van der Waals surface area contributed by atoms with Gasteiger partial charge in [-0.2, -0.15) is 0 Å². The molecule has 2 unspecified atom stereocenters. The van der Waals surface area contributed by atoms with Gasteiger partial charge in [-0.3, -0.25) is 4.79 Å². The molecule has 1 saturated heterocycles. The van der Waals surface area contributed by atoms with Crippen molar-refractivity contribution in [2.45, 2.75) is 25.3 Å². The van der Waals surface area contributed by atoms with Gasteiger partial charge < -0.3 is 10.4 Å². The Morgan fingerprint density at radius 2 is 2.35 bits per heavy atom. The van der Waals surface area contributed by atoms with Gasteiger partial charge in [0.2, 0.25) is 0 Å². The maximum atomic E-state index is 13.0. The van der Waals surface area contributed by atoms with E-state index in [2.05, 4.69) is 5.32 Å². The monoisotopic (exact) mass is 237 g/mol. The maximum absolute atomic E-state index is 13.0. The highest BCUT2D eigenvalue weighted by Gasteiger charge is 2.30. The number of carboxylic acid groups (broad SMARTS) is 1. The normalized spacial score (nSPS) is 24.5. The standard InChI is InChI=1S/C13H16FNO2/c14-10-4-1-3-9(7-10)8-12-11(13(16)17)5-2-6-15-12/h1,3-4,7,11-12,15H,2,5-6,8H2,(H,16,17). The van der Waals surface area contributed by atoms with Gasteiger partial charge in [0.05, 0.1) is 5.92 Å². The van der Waals surface area contributed by atoms with E-state index in [1.54, 1.807) is 6.07 Å². The zero-order valence-corrected chi connectivity index (χ0v) is 9.53. The van der Waals surface area contributed by atoms with Gasteiger partial charge in [0.15, 0.2) is 0 Å². The third kappa shape index (κ3) is 3.03. The molecule has 17 heavy (non-hydrogen) atoms. The van der Waals surface area contributed by atoms with Crippen LogP contribution >= 0.6 is 0 Å². The van der Waals surface area contributed by atoms with Crippen molar-refractivity contribution in [3.63, 3.8) is 0 Å². The van der Waals surface area contributed by atoms with Crippen LogP contribution in [0.25, 0.3) is 0 Å². The summed E-state index contributed by atoms with van der Waals surface area (Å²) in [4.78, 5) is 11.1. The molecular weight excluding hydrogens is 221 g/mol. The van der Waals surface area contributed by atoms with Crippen molar-refractivity contribution in [3.05, 3.63) is 35.6 Å². The summed E-state index contributed by atoms with van der Waals surface area (Å²) in [5, 5.41) is 12.3. The van der Waals surface area contributed by atoms with Crippen LogP contribution in [0, 0.1) is 11.7 Å². The minimum absolute atomic E-state index is 0.0944. The molecule has 4 heteroatoms. The number of piperidine rings is 1. The Morgan fingerprint density at radius 1 is 1.53 bits per heavy atom. The number of aliphatic carboxylic acids is 1. The molecule has 0 bridgehead atoms. The topological polar surface area (TPSA) is 49.3 Å². The highest BCUT2D eigenvalue weighted by Crippen LogP contribution is 2.20. The van der Waals surface area contributed by atoms with E-state index in [0.29, 0.717) is 12.8 Å². The second-order valence-corrected chi connectivity index (χ2v) is 4.48. The van der Waals surface area contributed by atoms with E-state index in [-0.39, 0.29) is 17.8 Å². The van der Waals surface area contributed by atoms with Crippen molar-refractivity contribution >= 4 is 5.97 Å². The van der Waals surface area contributed by atoms with Gasteiger partial charge in [-0.05, 0) is 43.5 Å². The second kappa shape index (κ2) is 5.27. The fraction of sp³-hybridized carbons (Fsp3) is 0.462. The third-order valence-electron chi connectivity index (χ3n) is 3.25. The van der Waals surface area contributed by atoms with E-state index in [4.69, 9.17) is 5.11 Å². The van der Waals surface area contributed by atoms with Crippen LogP contribution in [-0.2, 0) is 11.2 Å². The van der Waals surface area contributed by atoms with Crippen LogP contribution < -0.4 is 5.32 Å². The summed E-state index contributed by atoms with van der Waals surface area (Å²) in [5.74, 6) is -1.41. The molecule has 2 rings (SSSR count). The highest BCUT2D eigenvalue weighted by molar-refractivity contribution is 5.71.